The van der Waals surface area contributed by atoms with Gasteiger partial charge in [-0.25, -0.2) is 4.79 Å². The quantitative estimate of drug-likeness (QED) is 0.672. The molecule has 2 heterocycles. The number of nitrogens with one attached hydrogen (secondary N) is 1. The molecule has 1 N–H and O–H groups in total. The zero-order valence-electron chi connectivity index (χ0n) is 14.4. The molecule has 0 saturated carbocycles. The number of anilines is 1. The summed E-state index contributed by atoms with van der Waals surface area (Å²) in [4.78, 5) is 14.8. The Morgan fingerprint density at radius 3 is 2.72 bits per heavy atom. The predicted octanol–water partition coefficient (Wildman–Crippen LogP) is 3.64. The highest BCUT2D eigenvalue weighted by Gasteiger charge is 2.30. The van der Waals surface area contributed by atoms with Gasteiger partial charge in [0, 0.05) is 12.7 Å². The number of fused-ring (bicyclic) bond motifs is 1. The van der Waals surface area contributed by atoms with Crippen molar-refractivity contribution in [2.75, 3.05) is 11.9 Å². The molecule has 4 heteroatoms. The Bertz CT molecular complexity index is 814. The first-order chi connectivity index (χ1) is 12.2. The first-order valence-corrected chi connectivity index (χ1v) is 8.79. The summed E-state index contributed by atoms with van der Waals surface area (Å²) in [6.07, 6.45) is 3.72. The maximum Gasteiger partial charge on any atom is 0.333 e. The maximum absolute atomic E-state index is 12.6. The third kappa shape index (κ3) is 3.12. The van der Waals surface area contributed by atoms with Crippen molar-refractivity contribution in [1.82, 2.24) is 5.32 Å². The molecule has 25 heavy (non-hydrogen) atoms. The molecule has 0 spiro atoms. The van der Waals surface area contributed by atoms with Crippen molar-refractivity contribution in [2.24, 2.45) is 0 Å². The Labute approximate surface area is 148 Å². The number of para-hydroxylation sites is 2. The minimum Gasteiger partial charge on any atom is -0.425 e. The Morgan fingerprint density at radius 1 is 1.12 bits per heavy atom. The number of carbonyl (C=O) groups excluding carboxylic acids is 1. The summed E-state index contributed by atoms with van der Waals surface area (Å²) in [6.45, 7) is 0. The van der Waals surface area contributed by atoms with Gasteiger partial charge in [-0.2, -0.15) is 0 Å². The fourth-order valence-electron chi connectivity index (χ4n) is 3.67. The van der Waals surface area contributed by atoms with Gasteiger partial charge < -0.3 is 15.0 Å². The third-order valence-electron chi connectivity index (χ3n) is 4.96. The van der Waals surface area contributed by atoms with E-state index in [1.54, 1.807) is 0 Å². The largest absolute Gasteiger partial charge is 0.425 e. The van der Waals surface area contributed by atoms with Crippen LogP contribution in [0.3, 0.4) is 0 Å². The van der Waals surface area contributed by atoms with E-state index in [2.05, 4.69) is 41.5 Å². The van der Waals surface area contributed by atoms with Gasteiger partial charge in [0.05, 0.1) is 0 Å². The average Bonchev–Trinajstić information content (AvgIpc) is 2.86. The molecule has 2 aliphatic heterocycles. The van der Waals surface area contributed by atoms with Crippen molar-refractivity contribution in [2.45, 2.75) is 31.7 Å². The van der Waals surface area contributed by atoms with Crippen LogP contribution >= 0.6 is 0 Å². The van der Waals surface area contributed by atoms with Crippen molar-refractivity contribution in [1.29, 1.82) is 0 Å². The number of benzene rings is 2. The molecule has 0 amide bonds. The highest BCUT2D eigenvalue weighted by Crippen LogP contribution is 2.34. The Morgan fingerprint density at radius 2 is 1.88 bits per heavy atom. The molecule has 128 valence electrons. The van der Waals surface area contributed by atoms with Gasteiger partial charge in [0.25, 0.3) is 0 Å². The summed E-state index contributed by atoms with van der Waals surface area (Å²) in [7, 11) is 2.06. The lowest BCUT2D eigenvalue weighted by Crippen LogP contribution is -2.43. The van der Waals surface area contributed by atoms with Crippen LogP contribution in [0, 0.1) is 0 Å². The molecule has 2 aliphatic rings. The Balaban J connectivity index is 1.55. The molecule has 1 atom stereocenters. The highest BCUT2D eigenvalue weighted by atomic mass is 16.5. The minimum atomic E-state index is -0.319. The van der Waals surface area contributed by atoms with Crippen LogP contribution in [-0.2, 0) is 11.2 Å². The van der Waals surface area contributed by atoms with Crippen LogP contribution < -0.4 is 15.0 Å². The van der Waals surface area contributed by atoms with E-state index in [-0.39, 0.29) is 12.0 Å². The SMILES string of the molecule is CN1C2=C(CCCC(C(=O)Oc3ccccc3)N2)Cc2ccccc21. The van der Waals surface area contributed by atoms with Crippen LogP contribution in [-0.4, -0.2) is 19.1 Å². The van der Waals surface area contributed by atoms with E-state index in [0.717, 1.165) is 31.5 Å². The molecule has 0 saturated heterocycles. The van der Waals surface area contributed by atoms with E-state index in [9.17, 15) is 4.79 Å². The molecule has 0 aromatic heterocycles. The van der Waals surface area contributed by atoms with E-state index in [1.807, 2.05) is 30.3 Å². The second-order valence-electron chi connectivity index (χ2n) is 6.64. The second-order valence-corrected chi connectivity index (χ2v) is 6.64. The van der Waals surface area contributed by atoms with Gasteiger partial charge in [-0.05, 0) is 55.0 Å². The smallest absolute Gasteiger partial charge is 0.333 e. The van der Waals surface area contributed by atoms with Gasteiger partial charge >= 0.3 is 5.97 Å². The van der Waals surface area contributed by atoms with Crippen LogP contribution in [0.15, 0.2) is 66.0 Å². The molecule has 4 nitrogen and oxygen atoms in total. The van der Waals surface area contributed by atoms with Crippen LogP contribution in [0.4, 0.5) is 5.69 Å². The van der Waals surface area contributed by atoms with E-state index >= 15 is 0 Å². The summed E-state index contributed by atoms with van der Waals surface area (Å²) in [6, 6.07) is 17.4. The standard InChI is InChI=1S/C21H22N2O2/c1-23-19-13-6-5-8-15(19)14-16-9-7-12-18(22-20(16)23)21(24)25-17-10-3-2-4-11-17/h2-6,8,10-11,13,18,22H,7,9,12,14H2,1H3. The summed E-state index contributed by atoms with van der Waals surface area (Å²) >= 11 is 0. The number of carbonyl (C=O) groups is 1. The molecular formula is C21H22N2O2. The lowest BCUT2D eigenvalue weighted by molar-refractivity contribution is -0.136. The van der Waals surface area contributed by atoms with Crippen molar-refractivity contribution in [3.05, 3.63) is 71.6 Å². The molecular weight excluding hydrogens is 312 g/mol. The second kappa shape index (κ2) is 6.63. The molecule has 2 aromatic carbocycles. The third-order valence-corrected chi connectivity index (χ3v) is 4.96. The summed E-state index contributed by atoms with van der Waals surface area (Å²) in [5.74, 6) is 1.44. The zero-order valence-corrected chi connectivity index (χ0v) is 14.4. The fraction of sp³-hybridized carbons (Fsp3) is 0.286. The van der Waals surface area contributed by atoms with Crippen LogP contribution in [0.1, 0.15) is 24.8 Å². The highest BCUT2D eigenvalue weighted by molar-refractivity contribution is 5.79. The summed E-state index contributed by atoms with van der Waals surface area (Å²) in [5, 5.41) is 3.46. The fourth-order valence-corrected chi connectivity index (χ4v) is 3.67. The minimum absolute atomic E-state index is 0.216. The number of hydrogen-bond acceptors (Lipinski definition) is 4. The lowest BCUT2D eigenvalue weighted by Gasteiger charge is -2.33. The predicted molar refractivity (Wildman–Crippen MR) is 98.4 cm³/mol. The molecule has 0 radical (unpaired) electrons. The topological polar surface area (TPSA) is 41.6 Å². The lowest BCUT2D eigenvalue weighted by atomic mass is 9.95. The number of ether oxygens (including phenoxy) is 1. The van der Waals surface area contributed by atoms with E-state index in [1.165, 1.54) is 16.8 Å². The Hall–Kier alpha value is -2.75. The van der Waals surface area contributed by atoms with Crippen LogP contribution in [0.2, 0.25) is 0 Å². The molecule has 0 fully saturated rings. The van der Waals surface area contributed by atoms with Crippen molar-refractivity contribution in [3.63, 3.8) is 0 Å². The normalized spacial score (nSPS) is 19.4. The van der Waals surface area contributed by atoms with Gasteiger partial charge in [-0.15, -0.1) is 0 Å². The van der Waals surface area contributed by atoms with E-state index in [4.69, 9.17) is 4.74 Å². The first-order valence-electron chi connectivity index (χ1n) is 8.79. The van der Waals surface area contributed by atoms with Gasteiger partial charge in [-0.3, -0.25) is 0 Å². The zero-order chi connectivity index (χ0) is 17.2. The molecule has 0 aliphatic carbocycles. The number of esters is 1. The van der Waals surface area contributed by atoms with Gasteiger partial charge in [-0.1, -0.05) is 36.4 Å². The number of hydrogen-bond donors (Lipinski definition) is 1. The van der Waals surface area contributed by atoms with Gasteiger partial charge in [0.1, 0.15) is 17.6 Å². The monoisotopic (exact) mass is 334 g/mol. The van der Waals surface area contributed by atoms with Gasteiger partial charge in [0.2, 0.25) is 0 Å². The Kier molecular flexibility index (Phi) is 4.18. The van der Waals surface area contributed by atoms with Crippen molar-refractivity contribution >= 4 is 11.7 Å². The van der Waals surface area contributed by atoms with Crippen molar-refractivity contribution in [3.8, 4) is 5.75 Å². The van der Waals surface area contributed by atoms with Crippen molar-refractivity contribution < 1.29 is 9.53 Å². The van der Waals surface area contributed by atoms with Crippen LogP contribution in [0.25, 0.3) is 0 Å². The van der Waals surface area contributed by atoms with Gasteiger partial charge in [0.15, 0.2) is 0 Å². The summed E-state index contributed by atoms with van der Waals surface area (Å²) in [5.41, 5.74) is 3.91. The number of nitrogens with zero attached hydrogens (tertiary/aromatic N) is 1. The molecule has 0 bridgehead atoms. The average molecular weight is 334 g/mol. The number of rotatable bonds is 2. The molecule has 4 rings (SSSR count). The molecule has 1 unspecified atom stereocenters. The molecule has 2 aromatic rings. The van der Waals surface area contributed by atoms with E-state index in [0.29, 0.717) is 5.75 Å². The van der Waals surface area contributed by atoms with E-state index < -0.39 is 0 Å². The summed E-state index contributed by atoms with van der Waals surface area (Å²) < 4.78 is 5.55. The number of allylic oxidation sites excluding steroid dienone is 1. The first kappa shape index (κ1) is 15.8. The maximum atomic E-state index is 12.6. The van der Waals surface area contributed by atoms with Crippen LogP contribution in [0.5, 0.6) is 5.75 Å².